The van der Waals surface area contributed by atoms with E-state index in [9.17, 15) is 9.59 Å². The van der Waals surface area contributed by atoms with E-state index in [1.807, 2.05) is 20.8 Å². The summed E-state index contributed by atoms with van der Waals surface area (Å²) in [5.74, 6) is -0.775. The summed E-state index contributed by atoms with van der Waals surface area (Å²) in [5.41, 5.74) is 0. The largest absolute Gasteiger partial charge is 0.480 e. The van der Waals surface area contributed by atoms with Crippen LogP contribution in [0.5, 0.6) is 0 Å². The van der Waals surface area contributed by atoms with Crippen LogP contribution in [-0.4, -0.2) is 47.1 Å². The van der Waals surface area contributed by atoms with Gasteiger partial charge >= 0.3 is 5.97 Å². The van der Waals surface area contributed by atoms with E-state index in [4.69, 9.17) is 5.11 Å². The Labute approximate surface area is 109 Å². The Morgan fingerprint density at radius 3 is 2.50 bits per heavy atom. The summed E-state index contributed by atoms with van der Waals surface area (Å²) in [4.78, 5) is 24.8. The van der Waals surface area contributed by atoms with Crippen LogP contribution in [0.25, 0.3) is 0 Å². The monoisotopic (exact) mass is 256 g/mol. The molecule has 1 saturated heterocycles. The van der Waals surface area contributed by atoms with Gasteiger partial charge in [0, 0.05) is 6.04 Å². The topological polar surface area (TPSA) is 69.6 Å². The van der Waals surface area contributed by atoms with Crippen molar-refractivity contribution in [2.24, 2.45) is 5.92 Å². The van der Waals surface area contributed by atoms with Crippen LogP contribution in [0.15, 0.2) is 0 Å². The third-order valence-corrected chi connectivity index (χ3v) is 3.75. The summed E-state index contributed by atoms with van der Waals surface area (Å²) in [7, 11) is 0. The molecule has 1 aliphatic rings. The van der Waals surface area contributed by atoms with Crippen LogP contribution in [0, 0.1) is 5.92 Å². The molecular weight excluding hydrogens is 232 g/mol. The average molecular weight is 256 g/mol. The Bertz CT molecular complexity index is 303. The molecule has 0 aromatic rings. The van der Waals surface area contributed by atoms with Gasteiger partial charge in [0.2, 0.25) is 5.91 Å². The molecule has 0 saturated carbocycles. The van der Waals surface area contributed by atoms with E-state index in [0.29, 0.717) is 6.54 Å². The number of nitrogens with one attached hydrogen (secondary N) is 1. The molecule has 1 amide bonds. The maximum atomic E-state index is 11.9. The molecule has 18 heavy (non-hydrogen) atoms. The predicted octanol–water partition coefficient (Wildman–Crippen LogP) is 1.09. The molecule has 1 aliphatic heterocycles. The summed E-state index contributed by atoms with van der Waals surface area (Å²) < 4.78 is 0. The highest BCUT2D eigenvalue weighted by molar-refractivity contribution is 5.80. The Hall–Kier alpha value is -1.10. The highest BCUT2D eigenvalue weighted by Gasteiger charge is 2.37. The van der Waals surface area contributed by atoms with Crippen LogP contribution in [0.2, 0.25) is 0 Å². The SMILES string of the molecule is CCC(CC)NC(=O)CN1CCC(C)C1C(=O)O. The van der Waals surface area contributed by atoms with Gasteiger partial charge in [-0.2, -0.15) is 0 Å². The second-order valence-electron chi connectivity index (χ2n) is 5.10. The molecule has 104 valence electrons. The van der Waals surface area contributed by atoms with Gasteiger partial charge in [0.1, 0.15) is 6.04 Å². The standard InChI is InChI=1S/C13H24N2O3/c1-4-10(5-2)14-11(16)8-15-7-6-9(3)12(15)13(17)18/h9-10,12H,4-8H2,1-3H3,(H,14,16)(H,17,18). The minimum absolute atomic E-state index is 0.0657. The number of rotatable bonds is 6. The maximum absolute atomic E-state index is 11.9. The van der Waals surface area contributed by atoms with Crippen molar-refractivity contribution in [3.8, 4) is 0 Å². The van der Waals surface area contributed by atoms with Crippen LogP contribution in [-0.2, 0) is 9.59 Å². The van der Waals surface area contributed by atoms with Crippen molar-refractivity contribution >= 4 is 11.9 Å². The first kappa shape index (κ1) is 15.0. The molecule has 0 aromatic carbocycles. The molecule has 1 rings (SSSR count). The minimum Gasteiger partial charge on any atom is -0.480 e. The van der Waals surface area contributed by atoms with Crippen LogP contribution >= 0.6 is 0 Å². The quantitative estimate of drug-likeness (QED) is 0.746. The van der Waals surface area contributed by atoms with E-state index >= 15 is 0 Å². The lowest BCUT2D eigenvalue weighted by molar-refractivity contribution is -0.143. The van der Waals surface area contributed by atoms with Gasteiger partial charge in [-0.1, -0.05) is 20.8 Å². The number of hydrogen-bond acceptors (Lipinski definition) is 3. The second kappa shape index (κ2) is 6.73. The first-order valence-corrected chi connectivity index (χ1v) is 6.75. The minimum atomic E-state index is -0.824. The van der Waals surface area contributed by atoms with Crippen LogP contribution in [0.3, 0.4) is 0 Å². The molecule has 2 N–H and O–H groups in total. The summed E-state index contributed by atoms with van der Waals surface area (Å²) in [6.07, 6.45) is 2.65. The molecule has 0 bridgehead atoms. The van der Waals surface area contributed by atoms with Crippen molar-refractivity contribution in [3.05, 3.63) is 0 Å². The number of carbonyl (C=O) groups is 2. The molecule has 0 spiro atoms. The molecule has 0 aromatic heterocycles. The summed E-state index contributed by atoms with van der Waals surface area (Å²) >= 11 is 0. The molecule has 0 radical (unpaired) electrons. The first-order valence-electron chi connectivity index (χ1n) is 6.75. The number of hydrogen-bond donors (Lipinski definition) is 2. The van der Waals surface area contributed by atoms with Gasteiger partial charge in [0.25, 0.3) is 0 Å². The summed E-state index contributed by atoms with van der Waals surface area (Å²) in [5, 5.41) is 12.1. The van der Waals surface area contributed by atoms with Gasteiger partial charge in [-0.3, -0.25) is 14.5 Å². The van der Waals surface area contributed by atoms with Gasteiger partial charge in [0.15, 0.2) is 0 Å². The number of amides is 1. The number of carbonyl (C=O) groups excluding carboxylic acids is 1. The number of nitrogens with zero attached hydrogens (tertiary/aromatic N) is 1. The molecule has 0 aliphatic carbocycles. The zero-order valence-corrected chi connectivity index (χ0v) is 11.5. The van der Waals surface area contributed by atoms with Crippen molar-refractivity contribution in [3.63, 3.8) is 0 Å². The molecule has 5 nitrogen and oxygen atoms in total. The number of likely N-dealkylation sites (tertiary alicyclic amines) is 1. The fourth-order valence-corrected chi connectivity index (χ4v) is 2.55. The maximum Gasteiger partial charge on any atom is 0.321 e. The molecule has 1 heterocycles. The van der Waals surface area contributed by atoms with Gasteiger partial charge in [-0.25, -0.2) is 0 Å². The number of aliphatic carboxylic acids is 1. The molecule has 2 atom stereocenters. The fraction of sp³-hybridized carbons (Fsp3) is 0.846. The van der Waals surface area contributed by atoms with Crippen LogP contribution < -0.4 is 5.32 Å². The Balaban J connectivity index is 2.51. The molecular formula is C13H24N2O3. The lowest BCUT2D eigenvalue weighted by atomic mass is 10.0. The van der Waals surface area contributed by atoms with E-state index in [0.717, 1.165) is 19.3 Å². The summed E-state index contributed by atoms with van der Waals surface area (Å²) in [6, 6.07) is -0.321. The first-order chi connectivity index (χ1) is 8.49. The Kier molecular flexibility index (Phi) is 5.59. The smallest absolute Gasteiger partial charge is 0.321 e. The van der Waals surface area contributed by atoms with Crippen molar-refractivity contribution in [2.75, 3.05) is 13.1 Å². The van der Waals surface area contributed by atoms with Gasteiger partial charge in [-0.15, -0.1) is 0 Å². The zero-order chi connectivity index (χ0) is 13.7. The highest BCUT2D eigenvalue weighted by Crippen LogP contribution is 2.23. The molecule has 1 fully saturated rings. The van der Waals surface area contributed by atoms with Gasteiger partial charge in [-0.05, 0) is 31.7 Å². The van der Waals surface area contributed by atoms with E-state index in [2.05, 4.69) is 5.32 Å². The highest BCUT2D eigenvalue weighted by atomic mass is 16.4. The predicted molar refractivity (Wildman–Crippen MR) is 69.3 cm³/mol. The third kappa shape index (κ3) is 3.70. The average Bonchev–Trinajstić information content (AvgIpc) is 2.67. The van der Waals surface area contributed by atoms with E-state index in [1.165, 1.54) is 0 Å². The third-order valence-electron chi connectivity index (χ3n) is 3.75. The van der Waals surface area contributed by atoms with E-state index in [-0.39, 0.29) is 24.4 Å². The molecule has 5 heteroatoms. The van der Waals surface area contributed by atoms with Crippen molar-refractivity contribution in [2.45, 2.75) is 52.1 Å². The Morgan fingerprint density at radius 1 is 1.39 bits per heavy atom. The van der Waals surface area contributed by atoms with Crippen molar-refractivity contribution in [1.82, 2.24) is 10.2 Å². The number of carboxylic acids is 1. The fourth-order valence-electron chi connectivity index (χ4n) is 2.55. The van der Waals surface area contributed by atoms with Crippen LogP contribution in [0.1, 0.15) is 40.0 Å². The zero-order valence-electron chi connectivity index (χ0n) is 11.5. The lowest BCUT2D eigenvalue weighted by Crippen LogP contribution is -2.46. The Morgan fingerprint density at radius 2 is 2.00 bits per heavy atom. The number of carboxylic acid groups (broad SMARTS) is 1. The normalized spacial score (nSPS) is 24.4. The van der Waals surface area contributed by atoms with Crippen molar-refractivity contribution < 1.29 is 14.7 Å². The van der Waals surface area contributed by atoms with Crippen molar-refractivity contribution in [1.29, 1.82) is 0 Å². The lowest BCUT2D eigenvalue weighted by Gasteiger charge is -2.23. The van der Waals surface area contributed by atoms with Crippen LogP contribution in [0.4, 0.5) is 0 Å². The second-order valence-corrected chi connectivity index (χ2v) is 5.10. The van der Waals surface area contributed by atoms with E-state index in [1.54, 1.807) is 4.90 Å². The van der Waals surface area contributed by atoms with E-state index < -0.39 is 12.0 Å². The van der Waals surface area contributed by atoms with Gasteiger partial charge < -0.3 is 10.4 Å². The van der Waals surface area contributed by atoms with Gasteiger partial charge in [0.05, 0.1) is 6.54 Å². The summed E-state index contributed by atoms with van der Waals surface area (Å²) in [6.45, 7) is 6.88. The molecule has 2 unspecified atom stereocenters.